The number of nitrogens with one attached hydrogen (secondary N) is 1. The smallest absolute Gasteiger partial charge is 0.195 e. The van der Waals surface area contributed by atoms with Crippen LogP contribution >= 0.6 is 39.5 Å². The third-order valence-electron chi connectivity index (χ3n) is 2.78. The Labute approximate surface area is 128 Å². The van der Waals surface area contributed by atoms with Gasteiger partial charge < -0.3 is 0 Å². The Morgan fingerprint density at radius 3 is 2.74 bits per heavy atom. The van der Waals surface area contributed by atoms with Crippen molar-refractivity contribution in [3.05, 3.63) is 55.9 Å². The van der Waals surface area contributed by atoms with Crippen LogP contribution in [0.5, 0.6) is 0 Å². The van der Waals surface area contributed by atoms with Gasteiger partial charge in [-0.3, -0.25) is 9.67 Å². The number of benzene rings is 1. The number of hydrogen-bond acceptors (Lipinski definition) is 3. The monoisotopic (exact) mass is 351 g/mol. The van der Waals surface area contributed by atoms with Gasteiger partial charge in [-0.1, -0.05) is 30.3 Å². The first kappa shape index (κ1) is 12.8. The summed E-state index contributed by atoms with van der Waals surface area (Å²) in [6, 6.07) is 12.1. The van der Waals surface area contributed by atoms with Crippen molar-refractivity contribution in [3.8, 4) is 11.4 Å². The van der Waals surface area contributed by atoms with Crippen molar-refractivity contribution in [3.63, 3.8) is 0 Å². The van der Waals surface area contributed by atoms with Crippen molar-refractivity contribution in [2.75, 3.05) is 0 Å². The molecule has 0 aliphatic heterocycles. The van der Waals surface area contributed by atoms with Gasteiger partial charge in [0.1, 0.15) is 0 Å². The van der Waals surface area contributed by atoms with Crippen LogP contribution in [0.3, 0.4) is 0 Å². The van der Waals surface area contributed by atoms with E-state index in [0.29, 0.717) is 4.77 Å². The van der Waals surface area contributed by atoms with Crippen LogP contribution in [0.15, 0.2) is 46.3 Å². The first-order valence-electron chi connectivity index (χ1n) is 5.68. The second-order valence-electron chi connectivity index (χ2n) is 4.00. The predicted molar refractivity (Wildman–Crippen MR) is 84.0 cm³/mol. The maximum Gasteiger partial charge on any atom is 0.195 e. The molecule has 1 N–H and O–H groups in total. The van der Waals surface area contributed by atoms with Crippen molar-refractivity contribution in [2.24, 2.45) is 0 Å². The minimum absolute atomic E-state index is 0.638. The van der Waals surface area contributed by atoms with E-state index in [4.69, 9.17) is 12.2 Å². The Balaban J connectivity index is 2.05. The summed E-state index contributed by atoms with van der Waals surface area (Å²) in [7, 11) is 0. The Bertz CT molecular complexity index is 743. The van der Waals surface area contributed by atoms with Gasteiger partial charge in [-0.25, -0.2) is 0 Å². The molecule has 0 fully saturated rings. The lowest BCUT2D eigenvalue weighted by molar-refractivity contribution is 0.800. The van der Waals surface area contributed by atoms with Crippen molar-refractivity contribution in [2.45, 2.75) is 6.54 Å². The highest BCUT2D eigenvalue weighted by Gasteiger charge is 2.11. The van der Waals surface area contributed by atoms with Crippen LogP contribution in [0.25, 0.3) is 11.4 Å². The van der Waals surface area contributed by atoms with Gasteiger partial charge in [0.15, 0.2) is 10.6 Å². The van der Waals surface area contributed by atoms with E-state index in [1.165, 1.54) is 4.88 Å². The predicted octanol–water partition coefficient (Wildman–Crippen LogP) is 4.48. The normalized spacial score (nSPS) is 10.8. The lowest BCUT2D eigenvalue weighted by Crippen LogP contribution is -2.01. The van der Waals surface area contributed by atoms with Crippen LogP contribution < -0.4 is 0 Å². The number of hydrogen-bond donors (Lipinski definition) is 1. The molecule has 19 heavy (non-hydrogen) atoms. The number of nitrogens with zero attached hydrogens (tertiary/aromatic N) is 2. The van der Waals surface area contributed by atoms with Crippen LogP contribution in [0, 0.1) is 4.77 Å². The first-order chi connectivity index (χ1) is 9.25. The number of aromatic amines is 1. The Kier molecular flexibility index (Phi) is 3.63. The van der Waals surface area contributed by atoms with Crippen LogP contribution in [0.1, 0.15) is 4.88 Å². The molecule has 0 radical (unpaired) electrons. The maximum absolute atomic E-state index is 5.32. The quantitative estimate of drug-likeness (QED) is 0.705. The van der Waals surface area contributed by atoms with E-state index in [1.807, 2.05) is 41.0 Å². The molecule has 3 nitrogen and oxygen atoms in total. The SMILES string of the molecule is S=c1[nH]nc(-c2ccccc2)n1Cc1sccc1Br. The highest BCUT2D eigenvalue weighted by Crippen LogP contribution is 2.25. The molecule has 2 aromatic heterocycles. The molecule has 0 aliphatic rings. The summed E-state index contributed by atoms with van der Waals surface area (Å²) in [5, 5.41) is 9.26. The number of thiophene rings is 1. The van der Waals surface area contributed by atoms with Crippen LogP contribution in [0.2, 0.25) is 0 Å². The summed E-state index contributed by atoms with van der Waals surface area (Å²) in [6.07, 6.45) is 0. The van der Waals surface area contributed by atoms with Crippen LogP contribution in [-0.2, 0) is 6.54 Å². The fraction of sp³-hybridized carbons (Fsp3) is 0.0769. The molecule has 0 aliphatic carbocycles. The average Bonchev–Trinajstić information content (AvgIpc) is 2.99. The molecule has 3 rings (SSSR count). The molecular weight excluding hydrogens is 342 g/mol. The third-order valence-corrected chi connectivity index (χ3v) is 5.01. The van der Waals surface area contributed by atoms with E-state index in [2.05, 4.69) is 31.5 Å². The zero-order valence-electron chi connectivity index (χ0n) is 9.84. The Hall–Kier alpha value is -1.24. The zero-order chi connectivity index (χ0) is 13.2. The second-order valence-corrected chi connectivity index (χ2v) is 6.24. The van der Waals surface area contributed by atoms with Gasteiger partial charge in [-0.05, 0) is 39.6 Å². The lowest BCUT2D eigenvalue weighted by Gasteiger charge is -2.06. The minimum atomic E-state index is 0.638. The van der Waals surface area contributed by atoms with Gasteiger partial charge in [0, 0.05) is 14.9 Å². The number of aromatic nitrogens is 3. The van der Waals surface area contributed by atoms with Crippen LogP contribution in [-0.4, -0.2) is 14.8 Å². The molecule has 0 saturated heterocycles. The Morgan fingerprint density at radius 2 is 2.05 bits per heavy atom. The summed E-state index contributed by atoms with van der Waals surface area (Å²) in [5.41, 5.74) is 1.06. The molecule has 2 heterocycles. The molecule has 1 aromatic carbocycles. The summed E-state index contributed by atoms with van der Waals surface area (Å²) in [4.78, 5) is 1.23. The lowest BCUT2D eigenvalue weighted by atomic mass is 10.2. The molecule has 96 valence electrons. The molecular formula is C13H10BrN3S2. The molecule has 3 aromatic rings. The number of halogens is 1. The average molecular weight is 352 g/mol. The maximum atomic E-state index is 5.32. The second kappa shape index (κ2) is 5.40. The Morgan fingerprint density at radius 1 is 1.26 bits per heavy atom. The topological polar surface area (TPSA) is 33.6 Å². The molecule has 0 spiro atoms. The highest BCUT2D eigenvalue weighted by atomic mass is 79.9. The van der Waals surface area contributed by atoms with Crippen LogP contribution in [0.4, 0.5) is 0 Å². The van der Waals surface area contributed by atoms with E-state index in [9.17, 15) is 0 Å². The van der Waals surface area contributed by atoms with Gasteiger partial charge in [0.05, 0.1) is 6.54 Å². The van der Waals surface area contributed by atoms with Crippen molar-refractivity contribution >= 4 is 39.5 Å². The molecule has 0 bridgehead atoms. The first-order valence-corrected chi connectivity index (χ1v) is 7.76. The van der Waals surface area contributed by atoms with Gasteiger partial charge >= 0.3 is 0 Å². The van der Waals surface area contributed by atoms with E-state index >= 15 is 0 Å². The fourth-order valence-corrected chi connectivity index (χ4v) is 3.52. The van der Waals surface area contributed by atoms with E-state index in [0.717, 1.165) is 22.4 Å². The largest absolute Gasteiger partial charge is 0.295 e. The summed E-state index contributed by atoms with van der Waals surface area (Å²) >= 11 is 10.6. The molecule has 0 amide bonds. The van der Waals surface area contributed by atoms with Crippen molar-refractivity contribution < 1.29 is 0 Å². The molecule has 6 heteroatoms. The van der Waals surface area contributed by atoms with Gasteiger partial charge in [-0.2, -0.15) is 5.10 Å². The fourth-order valence-electron chi connectivity index (χ4n) is 1.85. The van der Waals surface area contributed by atoms with Gasteiger partial charge in [0.25, 0.3) is 0 Å². The van der Waals surface area contributed by atoms with E-state index < -0.39 is 0 Å². The molecule has 0 atom stereocenters. The standard InChI is InChI=1S/C13H10BrN3S2/c14-10-6-7-19-11(10)8-17-12(15-16-13(17)18)9-4-2-1-3-5-9/h1-7H,8H2,(H,16,18). The number of rotatable bonds is 3. The third kappa shape index (κ3) is 2.56. The highest BCUT2D eigenvalue weighted by molar-refractivity contribution is 9.10. The van der Waals surface area contributed by atoms with Crippen molar-refractivity contribution in [1.29, 1.82) is 0 Å². The van der Waals surface area contributed by atoms with E-state index in [-0.39, 0.29) is 0 Å². The number of H-pyrrole nitrogens is 1. The van der Waals surface area contributed by atoms with Gasteiger partial charge in [0.2, 0.25) is 0 Å². The summed E-state index contributed by atoms with van der Waals surface area (Å²) < 4.78 is 3.76. The minimum Gasteiger partial charge on any atom is -0.295 e. The molecule has 0 unspecified atom stereocenters. The van der Waals surface area contributed by atoms with Crippen molar-refractivity contribution in [1.82, 2.24) is 14.8 Å². The molecule has 0 saturated carbocycles. The van der Waals surface area contributed by atoms with E-state index in [1.54, 1.807) is 11.3 Å². The zero-order valence-corrected chi connectivity index (χ0v) is 13.1. The van der Waals surface area contributed by atoms with Gasteiger partial charge in [-0.15, -0.1) is 11.3 Å². The summed E-state index contributed by atoms with van der Waals surface area (Å²) in [6.45, 7) is 0.720. The summed E-state index contributed by atoms with van der Waals surface area (Å²) in [5.74, 6) is 0.867.